The van der Waals surface area contributed by atoms with Gasteiger partial charge in [-0.05, 0) is 19.1 Å². The molecule has 0 unspecified atom stereocenters. The number of alkyl halides is 3. The normalized spacial score (nSPS) is 12.3. The lowest BCUT2D eigenvalue weighted by Crippen LogP contribution is -2.12. The van der Waals surface area contributed by atoms with Gasteiger partial charge in [0, 0.05) is 11.0 Å². The van der Waals surface area contributed by atoms with Crippen LogP contribution < -0.4 is 0 Å². The van der Waals surface area contributed by atoms with Crippen LogP contribution in [-0.2, 0) is 9.53 Å². The molecule has 1 aromatic rings. The predicted molar refractivity (Wildman–Crippen MR) is 63.1 cm³/mol. The number of benzene rings is 1. The van der Waals surface area contributed by atoms with Crippen molar-refractivity contribution in [3.8, 4) is 0 Å². The molecule has 18 heavy (non-hydrogen) atoms. The van der Waals surface area contributed by atoms with E-state index in [1.807, 2.05) is 0 Å². The lowest BCUT2D eigenvalue weighted by Gasteiger charge is -2.10. The second-order valence-corrected chi connectivity index (χ2v) is 4.29. The number of carbonyl (C=O) groups excluding carboxylic acids is 1. The molecule has 0 amide bonds. The molecule has 1 rings (SSSR count). The second-order valence-electron chi connectivity index (χ2n) is 3.17. The Bertz CT molecular complexity index is 427. The average molecular weight is 276 g/mol. The zero-order valence-corrected chi connectivity index (χ0v) is 10.3. The van der Waals surface area contributed by atoms with Gasteiger partial charge in [0.25, 0.3) is 0 Å². The highest BCUT2D eigenvalue weighted by Crippen LogP contribution is 2.38. The van der Waals surface area contributed by atoms with E-state index in [2.05, 4.69) is 4.74 Å². The molecule has 0 bridgehead atoms. The first-order chi connectivity index (χ1) is 8.43. The molecule has 6 heteroatoms. The van der Waals surface area contributed by atoms with Gasteiger partial charge in [0.05, 0.1) is 6.61 Å². The van der Waals surface area contributed by atoms with E-state index in [-0.39, 0.29) is 6.61 Å². The zero-order valence-electron chi connectivity index (χ0n) is 9.53. The first-order valence-electron chi connectivity index (χ1n) is 5.12. The fourth-order valence-corrected chi connectivity index (χ4v) is 1.89. The lowest BCUT2D eigenvalue weighted by molar-refractivity contribution is -0.138. The van der Waals surface area contributed by atoms with Gasteiger partial charge in [-0.25, -0.2) is 4.79 Å². The maximum atomic E-state index is 12.7. The van der Waals surface area contributed by atoms with Crippen LogP contribution in [0.3, 0.4) is 0 Å². The van der Waals surface area contributed by atoms with Crippen molar-refractivity contribution in [2.45, 2.75) is 18.0 Å². The van der Waals surface area contributed by atoms with Gasteiger partial charge in [0.1, 0.15) is 4.91 Å². The zero-order chi connectivity index (χ0) is 13.6. The molecule has 0 saturated carbocycles. The third-order valence-electron chi connectivity index (χ3n) is 1.79. The van der Waals surface area contributed by atoms with Crippen LogP contribution in [0.25, 0.3) is 0 Å². The van der Waals surface area contributed by atoms with Gasteiger partial charge in [-0.15, -0.1) is 0 Å². The fourth-order valence-electron chi connectivity index (χ4n) is 1.08. The van der Waals surface area contributed by atoms with Crippen molar-refractivity contribution < 1.29 is 22.7 Å². The summed E-state index contributed by atoms with van der Waals surface area (Å²) >= 11 is 0.485. The minimum atomic E-state index is -4.58. The van der Waals surface area contributed by atoms with Gasteiger partial charge >= 0.3 is 12.1 Å². The summed E-state index contributed by atoms with van der Waals surface area (Å²) < 4.78 is 42.6. The highest BCUT2D eigenvalue weighted by atomic mass is 32.2. The van der Waals surface area contributed by atoms with Crippen LogP contribution in [-0.4, -0.2) is 18.8 Å². The van der Waals surface area contributed by atoms with Crippen LogP contribution >= 0.6 is 11.8 Å². The summed E-state index contributed by atoms with van der Waals surface area (Å²) in [5.74, 6) is -0.992. The average Bonchev–Trinajstić information content (AvgIpc) is 2.28. The summed E-state index contributed by atoms with van der Waals surface area (Å²) in [6.07, 6.45) is -4.10. The van der Waals surface area contributed by atoms with Crippen molar-refractivity contribution in [2.24, 2.45) is 0 Å². The Morgan fingerprint density at radius 2 is 1.94 bits per heavy atom. The number of hydrogen-bond donors (Lipinski definition) is 0. The minimum Gasteiger partial charge on any atom is -0.463 e. The standard InChI is InChI=1S/C12H11F3O2S/c1-2-17-11(16)8-10(12(13,14)15)18-9-6-4-3-5-7-9/h3-8H,2H2,1H3. The van der Waals surface area contributed by atoms with Gasteiger partial charge in [-0.3, -0.25) is 0 Å². The summed E-state index contributed by atoms with van der Waals surface area (Å²) in [6.45, 7) is 1.57. The maximum Gasteiger partial charge on any atom is 0.422 e. The summed E-state index contributed by atoms with van der Waals surface area (Å²) in [5.41, 5.74) is 0. The lowest BCUT2D eigenvalue weighted by atomic mass is 10.4. The quantitative estimate of drug-likeness (QED) is 0.475. The third-order valence-corrected chi connectivity index (χ3v) is 2.86. The highest BCUT2D eigenvalue weighted by Gasteiger charge is 2.35. The fraction of sp³-hybridized carbons (Fsp3) is 0.250. The summed E-state index contributed by atoms with van der Waals surface area (Å²) in [4.78, 5) is 10.5. The molecular formula is C12H11F3O2S. The predicted octanol–water partition coefficient (Wildman–Crippen LogP) is 3.79. The maximum absolute atomic E-state index is 12.7. The van der Waals surface area contributed by atoms with Crippen LogP contribution in [0, 0.1) is 0 Å². The Morgan fingerprint density at radius 1 is 1.33 bits per heavy atom. The molecule has 98 valence electrons. The van der Waals surface area contributed by atoms with Crippen molar-refractivity contribution in [2.75, 3.05) is 6.61 Å². The molecule has 0 aliphatic heterocycles. The van der Waals surface area contributed by atoms with E-state index in [1.165, 1.54) is 19.1 Å². The molecule has 0 aliphatic rings. The van der Waals surface area contributed by atoms with E-state index in [9.17, 15) is 18.0 Å². The van der Waals surface area contributed by atoms with Crippen molar-refractivity contribution >= 4 is 17.7 Å². The van der Waals surface area contributed by atoms with Gasteiger partial charge < -0.3 is 4.74 Å². The van der Waals surface area contributed by atoms with E-state index in [4.69, 9.17) is 0 Å². The smallest absolute Gasteiger partial charge is 0.422 e. The van der Waals surface area contributed by atoms with Crippen molar-refractivity contribution in [1.29, 1.82) is 0 Å². The molecular weight excluding hydrogens is 265 g/mol. The Kier molecular flexibility index (Phi) is 5.27. The monoisotopic (exact) mass is 276 g/mol. The van der Waals surface area contributed by atoms with E-state index < -0.39 is 17.1 Å². The van der Waals surface area contributed by atoms with Crippen LogP contribution in [0.2, 0.25) is 0 Å². The minimum absolute atomic E-state index is 0.0382. The number of thioether (sulfide) groups is 1. The molecule has 0 spiro atoms. The third kappa shape index (κ3) is 4.83. The van der Waals surface area contributed by atoms with Crippen molar-refractivity contribution in [3.63, 3.8) is 0 Å². The topological polar surface area (TPSA) is 26.3 Å². The molecule has 1 aromatic carbocycles. The molecule has 0 atom stereocenters. The van der Waals surface area contributed by atoms with Crippen LogP contribution in [0.5, 0.6) is 0 Å². The Balaban J connectivity index is 2.90. The van der Waals surface area contributed by atoms with E-state index in [1.54, 1.807) is 18.2 Å². The van der Waals surface area contributed by atoms with Gasteiger partial charge in [0.2, 0.25) is 0 Å². The molecule has 0 radical (unpaired) electrons. The Hall–Kier alpha value is -1.43. The van der Waals surface area contributed by atoms with E-state index in [0.29, 0.717) is 22.7 Å². The van der Waals surface area contributed by atoms with Crippen LogP contribution in [0.1, 0.15) is 6.92 Å². The largest absolute Gasteiger partial charge is 0.463 e. The van der Waals surface area contributed by atoms with E-state index in [0.717, 1.165) is 0 Å². The summed E-state index contributed by atoms with van der Waals surface area (Å²) in [6, 6.07) is 8.03. The molecule has 0 aliphatic carbocycles. The summed E-state index contributed by atoms with van der Waals surface area (Å²) in [5, 5.41) is 0. The molecule has 0 heterocycles. The number of carbonyl (C=O) groups is 1. The Morgan fingerprint density at radius 3 is 2.44 bits per heavy atom. The molecule has 0 saturated heterocycles. The van der Waals surface area contributed by atoms with Crippen molar-refractivity contribution in [1.82, 2.24) is 0 Å². The van der Waals surface area contributed by atoms with Crippen LogP contribution in [0.4, 0.5) is 13.2 Å². The Labute approximate surface area is 107 Å². The number of hydrogen-bond acceptors (Lipinski definition) is 3. The molecule has 0 fully saturated rings. The number of halogens is 3. The highest BCUT2D eigenvalue weighted by molar-refractivity contribution is 8.03. The number of allylic oxidation sites excluding steroid dienone is 1. The van der Waals surface area contributed by atoms with Gasteiger partial charge in [-0.1, -0.05) is 30.0 Å². The number of rotatable bonds is 4. The van der Waals surface area contributed by atoms with E-state index >= 15 is 0 Å². The number of ether oxygens (including phenoxy) is 1. The summed E-state index contributed by atoms with van der Waals surface area (Å²) in [7, 11) is 0. The first kappa shape index (κ1) is 14.6. The van der Waals surface area contributed by atoms with Gasteiger partial charge in [0.15, 0.2) is 0 Å². The van der Waals surface area contributed by atoms with Gasteiger partial charge in [-0.2, -0.15) is 13.2 Å². The van der Waals surface area contributed by atoms with Crippen molar-refractivity contribution in [3.05, 3.63) is 41.3 Å². The second kappa shape index (κ2) is 6.49. The van der Waals surface area contributed by atoms with Crippen LogP contribution in [0.15, 0.2) is 46.2 Å². The number of esters is 1. The molecule has 2 nitrogen and oxygen atoms in total. The molecule has 0 aromatic heterocycles. The first-order valence-corrected chi connectivity index (χ1v) is 5.93. The SMILES string of the molecule is CCOC(=O)C=C(Sc1ccccc1)C(F)(F)F. The molecule has 0 N–H and O–H groups in total.